The van der Waals surface area contributed by atoms with Crippen molar-refractivity contribution >= 4 is 13.5 Å². The molecule has 7 heteroatoms. The fourth-order valence-electron chi connectivity index (χ4n) is 2.24. The highest BCUT2D eigenvalue weighted by molar-refractivity contribution is 7.55. The topological polar surface area (TPSA) is 95.9 Å². The number of carboxylic acids is 1. The van der Waals surface area contributed by atoms with Crippen molar-refractivity contribution in [3.63, 3.8) is 0 Å². The molecule has 0 aliphatic carbocycles. The maximum Gasteiger partial charge on any atom is 0.325 e. The molecular weight excluding hydrogens is 281 g/mol. The molecule has 0 amide bonds. The lowest BCUT2D eigenvalue weighted by Gasteiger charge is -2.21. The molecule has 20 heavy (non-hydrogen) atoms. The zero-order chi connectivity index (χ0) is 14.6. The van der Waals surface area contributed by atoms with Crippen molar-refractivity contribution in [2.24, 2.45) is 0 Å². The second kappa shape index (κ2) is 6.50. The Hall–Kier alpha value is -1.20. The Balaban J connectivity index is 2.07. The molecule has 2 rings (SSSR count). The van der Waals surface area contributed by atoms with Gasteiger partial charge in [0.05, 0.1) is 12.3 Å². The summed E-state index contributed by atoms with van der Waals surface area (Å²) in [6.45, 7) is 0.589. The van der Waals surface area contributed by atoms with E-state index in [9.17, 15) is 19.4 Å². The van der Waals surface area contributed by atoms with Crippen LogP contribution in [-0.4, -0.2) is 34.8 Å². The van der Waals surface area contributed by atoms with E-state index in [0.717, 1.165) is 12.8 Å². The Bertz CT molecular complexity index is 501. The van der Waals surface area contributed by atoms with Crippen molar-refractivity contribution in [2.75, 3.05) is 12.8 Å². The summed E-state index contributed by atoms with van der Waals surface area (Å²) in [5, 5.41) is 11.6. The largest absolute Gasteiger partial charge is 0.480 e. The number of benzene rings is 1. The van der Waals surface area contributed by atoms with E-state index in [1.54, 1.807) is 30.3 Å². The second-order valence-corrected chi connectivity index (χ2v) is 6.86. The summed E-state index contributed by atoms with van der Waals surface area (Å²) in [6, 6.07) is 7.15. The standard InChI is InChI=1S/C13H18NO5P/c15-13(16)12(10-5-2-1-3-6-10)14-20(17,18)9-11-7-4-8-19-11/h1-3,5-6,11-12H,4,7-9H2,(H,15,16)(H2,14,17,18). The molecule has 1 heterocycles. The van der Waals surface area contributed by atoms with E-state index < -0.39 is 19.5 Å². The molecule has 1 fully saturated rings. The van der Waals surface area contributed by atoms with Crippen LogP contribution in [0.1, 0.15) is 24.4 Å². The third-order valence-electron chi connectivity index (χ3n) is 3.19. The highest BCUT2D eigenvalue weighted by atomic mass is 31.2. The van der Waals surface area contributed by atoms with Crippen LogP contribution in [0.4, 0.5) is 0 Å². The van der Waals surface area contributed by atoms with E-state index in [-0.39, 0.29) is 12.3 Å². The van der Waals surface area contributed by atoms with Crippen LogP contribution in [0.5, 0.6) is 0 Å². The summed E-state index contributed by atoms with van der Waals surface area (Å²) in [5.74, 6) is -1.18. The SMILES string of the molecule is O=C(O)C(NP(=O)(O)CC1CCCO1)c1ccccc1. The summed E-state index contributed by atoms with van der Waals surface area (Å²) >= 11 is 0. The molecule has 3 N–H and O–H groups in total. The number of nitrogens with one attached hydrogen (secondary N) is 1. The van der Waals surface area contributed by atoms with Gasteiger partial charge in [-0.15, -0.1) is 0 Å². The fourth-order valence-corrected chi connectivity index (χ4v) is 3.84. The van der Waals surface area contributed by atoms with Crippen molar-refractivity contribution < 1.29 is 24.1 Å². The molecule has 1 aromatic rings. The number of aliphatic carboxylic acids is 1. The Morgan fingerprint density at radius 2 is 2.15 bits per heavy atom. The van der Waals surface area contributed by atoms with Crippen LogP contribution in [0.3, 0.4) is 0 Å². The quantitative estimate of drug-likeness (QED) is 0.693. The Morgan fingerprint density at radius 3 is 2.70 bits per heavy atom. The van der Waals surface area contributed by atoms with Crippen LogP contribution in [0.25, 0.3) is 0 Å². The molecule has 3 unspecified atom stereocenters. The van der Waals surface area contributed by atoms with Gasteiger partial charge in [0.25, 0.3) is 7.52 Å². The van der Waals surface area contributed by atoms with Gasteiger partial charge >= 0.3 is 5.97 Å². The molecule has 0 aromatic heterocycles. The molecule has 6 nitrogen and oxygen atoms in total. The predicted octanol–water partition coefficient (Wildman–Crippen LogP) is 1.77. The van der Waals surface area contributed by atoms with Crippen LogP contribution < -0.4 is 5.09 Å². The summed E-state index contributed by atoms with van der Waals surface area (Å²) in [5.41, 5.74) is 0.446. The van der Waals surface area contributed by atoms with E-state index in [0.29, 0.717) is 12.2 Å². The number of hydrogen-bond donors (Lipinski definition) is 3. The monoisotopic (exact) mass is 299 g/mol. The van der Waals surface area contributed by atoms with Crippen LogP contribution in [0.2, 0.25) is 0 Å². The molecule has 3 atom stereocenters. The van der Waals surface area contributed by atoms with Crippen molar-refractivity contribution in [1.82, 2.24) is 5.09 Å². The molecule has 0 radical (unpaired) electrons. The zero-order valence-corrected chi connectivity index (χ0v) is 11.8. The van der Waals surface area contributed by atoms with Crippen molar-refractivity contribution in [2.45, 2.75) is 25.0 Å². The third-order valence-corrected chi connectivity index (χ3v) is 4.75. The Labute approximate surface area is 117 Å². The average molecular weight is 299 g/mol. The van der Waals surface area contributed by atoms with Crippen molar-refractivity contribution in [3.8, 4) is 0 Å². The van der Waals surface area contributed by atoms with E-state index in [4.69, 9.17) is 4.74 Å². The lowest BCUT2D eigenvalue weighted by atomic mass is 10.1. The third kappa shape index (κ3) is 4.15. The van der Waals surface area contributed by atoms with Gasteiger partial charge in [0.2, 0.25) is 0 Å². The van der Waals surface area contributed by atoms with Gasteiger partial charge in [-0.05, 0) is 18.4 Å². The average Bonchev–Trinajstić information content (AvgIpc) is 2.89. The first kappa shape index (κ1) is 15.2. The van der Waals surface area contributed by atoms with Crippen LogP contribution in [-0.2, 0) is 14.1 Å². The van der Waals surface area contributed by atoms with E-state index in [1.807, 2.05) is 0 Å². The number of carbonyl (C=O) groups is 1. The van der Waals surface area contributed by atoms with Crippen LogP contribution in [0, 0.1) is 0 Å². The number of carboxylic acid groups (broad SMARTS) is 1. The van der Waals surface area contributed by atoms with Gasteiger partial charge in [0, 0.05) is 6.61 Å². The van der Waals surface area contributed by atoms with Gasteiger partial charge < -0.3 is 14.7 Å². The highest BCUT2D eigenvalue weighted by Crippen LogP contribution is 2.41. The first-order valence-electron chi connectivity index (χ1n) is 6.47. The summed E-state index contributed by atoms with van der Waals surface area (Å²) in [4.78, 5) is 21.2. The normalized spacial score (nSPS) is 23.1. The van der Waals surface area contributed by atoms with Gasteiger partial charge in [0.1, 0.15) is 6.04 Å². The second-order valence-electron chi connectivity index (χ2n) is 4.83. The summed E-state index contributed by atoms with van der Waals surface area (Å²) in [6.07, 6.45) is 1.26. The van der Waals surface area contributed by atoms with Gasteiger partial charge in [-0.1, -0.05) is 30.3 Å². The van der Waals surface area contributed by atoms with E-state index in [2.05, 4.69) is 5.09 Å². The molecule has 1 aliphatic rings. The molecule has 0 spiro atoms. The first-order valence-corrected chi connectivity index (χ1v) is 8.31. The molecule has 0 saturated carbocycles. The van der Waals surface area contributed by atoms with Crippen molar-refractivity contribution in [3.05, 3.63) is 35.9 Å². The number of rotatable bonds is 6. The molecule has 0 bridgehead atoms. The Morgan fingerprint density at radius 1 is 1.45 bits per heavy atom. The zero-order valence-electron chi connectivity index (χ0n) is 10.9. The van der Waals surface area contributed by atoms with Gasteiger partial charge in [-0.2, -0.15) is 0 Å². The number of hydrogen-bond acceptors (Lipinski definition) is 3. The number of ether oxygens (including phenoxy) is 1. The minimum Gasteiger partial charge on any atom is -0.480 e. The molecule has 1 aromatic carbocycles. The van der Waals surface area contributed by atoms with Gasteiger partial charge in [-0.3, -0.25) is 9.36 Å². The molecular formula is C13H18NO5P. The first-order chi connectivity index (χ1) is 9.48. The predicted molar refractivity (Wildman–Crippen MR) is 73.6 cm³/mol. The lowest BCUT2D eigenvalue weighted by Crippen LogP contribution is -2.29. The van der Waals surface area contributed by atoms with Gasteiger partial charge in [0.15, 0.2) is 0 Å². The summed E-state index contributed by atoms with van der Waals surface area (Å²) < 4.78 is 17.5. The van der Waals surface area contributed by atoms with E-state index >= 15 is 0 Å². The smallest absolute Gasteiger partial charge is 0.325 e. The van der Waals surface area contributed by atoms with E-state index in [1.165, 1.54) is 0 Å². The maximum atomic E-state index is 12.2. The van der Waals surface area contributed by atoms with Crippen LogP contribution >= 0.6 is 7.52 Å². The minimum absolute atomic E-state index is 0.0659. The van der Waals surface area contributed by atoms with Crippen LogP contribution in [0.15, 0.2) is 30.3 Å². The minimum atomic E-state index is -3.77. The van der Waals surface area contributed by atoms with Gasteiger partial charge in [-0.25, -0.2) is 5.09 Å². The molecule has 110 valence electrons. The lowest BCUT2D eigenvalue weighted by molar-refractivity contribution is -0.139. The molecule has 1 aliphatic heterocycles. The molecule has 1 saturated heterocycles. The fraction of sp³-hybridized carbons (Fsp3) is 0.462. The highest BCUT2D eigenvalue weighted by Gasteiger charge is 2.32. The Kier molecular flexibility index (Phi) is 4.94. The summed E-state index contributed by atoms with van der Waals surface area (Å²) in [7, 11) is -3.77. The maximum absolute atomic E-state index is 12.2. The van der Waals surface area contributed by atoms with Crippen molar-refractivity contribution in [1.29, 1.82) is 0 Å².